The van der Waals surface area contributed by atoms with Crippen LogP contribution in [0.25, 0.3) is 0 Å². The van der Waals surface area contributed by atoms with Crippen molar-refractivity contribution in [3.05, 3.63) is 52.5 Å². The van der Waals surface area contributed by atoms with Gasteiger partial charge in [0.15, 0.2) is 5.11 Å². The number of halogens is 1. The lowest BCUT2D eigenvalue weighted by Gasteiger charge is -2.13. The van der Waals surface area contributed by atoms with Crippen molar-refractivity contribution < 1.29 is 24.2 Å². The van der Waals surface area contributed by atoms with Gasteiger partial charge in [0.05, 0.1) is 20.2 Å². The zero-order valence-corrected chi connectivity index (χ0v) is 15.4. The number of nitrogens with one attached hydrogen (secondary N) is 2. The number of hydrogen-bond acceptors (Lipinski definition) is 6. The number of carboxylic acids is 1. The third-order valence-electron chi connectivity index (χ3n) is 3.28. The molecule has 7 nitrogen and oxygen atoms in total. The minimum atomic E-state index is -1.42. The van der Waals surface area contributed by atoms with Gasteiger partial charge in [-0.15, -0.1) is 0 Å². The Labute approximate surface area is 159 Å². The lowest BCUT2D eigenvalue weighted by Crippen LogP contribution is -2.34. The summed E-state index contributed by atoms with van der Waals surface area (Å²) in [6.07, 6.45) is 0. The number of carbonyl (C=O) groups is 2. The average Bonchev–Trinajstić information content (AvgIpc) is 2.62. The number of aromatic carboxylic acids is 1. The molecule has 2 aromatic carbocycles. The Morgan fingerprint density at radius 1 is 1.08 bits per heavy atom. The van der Waals surface area contributed by atoms with Gasteiger partial charge in [0.25, 0.3) is 5.91 Å². The maximum atomic E-state index is 12.3. The van der Waals surface area contributed by atoms with E-state index in [1.54, 1.807) is 6.07 Å². The summed E-state index contributed by atoms with van der Waals surface area (Å²) in [7, 11) is 2.94. The lowest BCUT2D eigenvalue weighted by molar-refractivity contribution is -0.255. The molecule has 2 aromatic rings. The third-order valence-corrected chi connectivity index (χ3v) is 3.82. The summed E-state index contributed by atoms with van der Waals surface area (Å²) < 4.78 is 10.2. The smallest absolute Gasteiger partial charge is 0.257 e. The van der Waals surface area contributed by atoms with Crippen LogP contribution >= 0.6 is 23.8 Å². The number of benzene rings is 2. The highest BCUT2D eigenvalue weighted by atomic mass is 35.5. The molecule has 0 saturated carbocycles. The summed E-state index contributed by atoms with van der Waals surface area (Å²) >= 11 is 10.8. The van der Waals surface area contributed by atoms with Crippen LogP contribution in [0, 0.1) is 0 Å². The Morgan fingerprint density at radius 3 is 2.23 bits per heavy atom. The molecule has 0 aliphatic heterocycles. The molecular formula is C17H14ClN2O5S-. The molecule has 136 valence electrons. The molecule has 0 radical (unpaired) electrons. The number of hydrogen-bond donors (Lipinski definition) is 2. The molecule has 0 atom stereocenters. The summed E-state index contributed by atoms with van der Waals surface area (Å²) in [4.78, 5) is 23.3. The summed E-state index contributed by atoms with van der Waals surface area (Å²) in [5.74, 6) is -1.01. The van der Waals surface area contributed by atoms with Crippen LogP contribution in [-0.2, 0) is 0 Å². The topological polar surface area (TPSA) is 99.7 Å². The molecule has 0 unspecified atom stereocenters. The number of carboxylic acid groups (broad SMARTS) is 1. The first kappa shape index (κ1) is 19.5. The first-order chi connectivity index (χ1) is 12.3. The Hall–Kier alpha value is -2.84. The summed E-state index contributed by atoms with van der Waals surface area (Å²) in [5.41, 5.74) is 0.419. The van der Waals surface area contributed by atoms with Crippen molar-refractivity contribution >= 4 is 46.5 Å². The van der Waals surface area contributed by atoms with Gasteiger partial charge in [0, 0.05) is 27.9 Å². The molecule has 0 aliphatic carbocycles. The molecule has 0 saturated heterocycles. The predicted molar refractivity (Wildman–Crippen MR) is 99.0 cm³/mol. The molecule has 26 heavy (non-hydrogen) atoms. The first-order valence-electron chi connectivity index (χ1n) is 7.20. The second-order valence-corrected chi connectivity index (χ2v) is 5.81. The SMILES string of the molecule is COc1cc(OC)cc(C(=O)NC(=S)Nc2ccc(Cl)c(C(=O)[O-])c2)c1. The molecule has 1 amide bonds. The van der Waals surface area contributed by atoms with Crippen molar-refractivity contribution in [3.63, 3.8) is 0 Å². The zero-order valence-electron chi connectivity index (χ0n) is 13.8. The van der Waals surface area contributed by atoms with Crippen LogP contribution in [0.1, 0.15) is 20.7 Å². The van der Waals surface area contributed by atoms with Gasteiger partial charge < -0.3 is 24.7 Å². The van der Waals surface area contributed by atoms with Crippen LogP contribution in [0.2, 0.25) is 5.02 Å². The number of ether oxygens (including phenoxy) is 2. The van der Waals surface area contributed by atoms with Crippen LogP contribution in [0.3, 0.4) is 0 Å². The summed E-state index contributed by atoms with van der Waals surface area (Å²) in [6, 6.07) is 8.83. The monoisotopic (exact) mass is 393 g/mol. The minimum Gasteiger partial charge on any atom is -0.545 e. The van der Waals surface area contributed by atoms with Gasteiger partial charge in [-0.05, 0) is 42.5 Å². The van der Waals surface area contributed by atoms with E-state index in [-0.39, 0.29) is 21.3 Å². The number of thiocarbonyl (C=S) groups is 1. The average molecular weight is 394 g/mol. The Balaban J connectivity index is 2.12. The van der Waals surface area contributed by atoms with Crippen molar-refractivity contribution in [2.75, 3.05) is 19.5 Å². The summed E-state index contributed by atoms with van der Waals surface area (Å²) in [6.45, 7) is 0. The van der Waals surface area contributed by atoms with E-state index in [1.165, 1.54) is 44.6 Å². The maximum Gasteiger partial charge on any atom is 0.257 e. The van der Waals surface area contributed by atoms with Crippen molar-refractivity contribution in [2.24, 2.45) is 0 Å². The van der Waals surface area contributed by atoms with E-state index in [2.05, 4.69) is 10.6 Å². The minimum absolute atomic E-state index is 0.0246. The largest absolute Gasteiger partial charge is 0.545 e. The van der Waals surface area contributed by atoms with Crippen LogP contribution in [0.5, 0.6) is 11.5 Å². The molecule has 2 N–H and O–H groups in total. The third kappa shape index (κ3) is 4.84. The maximum absolute atomic E-state index is 12.3. The van der Waals surface area contributed by atoms with Gasteiger partial charge in [-0.25, -0.2) is 0 Å². The van der Waals surface area contributed by atoms with E-state index in [0.29, 0.717) is 17.2 Å². The van der Waals surface area contributed by atoms with Gasteiger partial charge in [0.1, 0.15) is 11.5 Å². The number of anilines is 1. The Kier molecular flexibility index (Phi) is 6.37. The molecule has 0 aliphatic rings. The van der Waals surface area contributed by atoms with Gasteiger partial charge in [-0.1, -0.05) is 11.6 Å². The standard InChI is InChI=1S/C17H15ClN2O5S/c1-24-11-5-9(6-12(8-11)25-2)15(21)20-17(26)19-10-3-4-14(18)13(7-10)16(22)23/h3-8H,1-2H3,(H,22,23)(H2,19,20,21,26)/p-1. The second kappa shape index (κ2) is 8.50. The van der Waals surface area contributed by atoms with Crippen molar-refractivity contribution in [1.82, 2.24) is 5.32 Å². The van der Waals surface area contributed by atoms with E-state index in [4.69, 9.17) is 33.3 Å². The molecule has 0 aromatic heterocycles. The quantitative estimate of drug-likeness (QED) is 0.747. The van der Waals surface area contributed by atoms with E-state index in [1.807, 2.05) is 0 Å². The number of amides is 1. The van der Waals surface area contributed by atoms with Gasteiger partial charge in [0.2, 0.25) is 0 Å². The number of rotatable bonds is 5. The molecule has 0 fully saturated rings. The molecule has 2 rings (SSSR count). The number of carbonyl (C=O) groups excluding carboxylic acids is 2. The van der Waals surface area contributed by atoms with E-state index < -0.39 is 11.9 Å². The van der Waals surface area contributed by atoms with Crippen LogP contribution < -0.4 is 25.2 Å². The fraction of sp³-hybridized carbons (Fsp3) is 0.118. The van der Waals surface area contributed by atoms with E-state index >= 15 is 0 Å². The van der Waals surface area contributed by atoms with Crippen LogP contribution in [0.4, 0.5) is 5.69 Å². The number of methoxy groups -OCH3 is 2. The van der Waals surface area contributed by atoms with Crippen molar-refractivity contribution in [1.29, 1.82) is 0 Å². The van der Waals surface area contributed by atoms with E-state index in [0.717, 1.165) is 0 Å². The normalized spacial score (nSPS) is 9.96. The first-order valence-corrected chi connectivity index (χ1v) is 7.99. The highest BCUT2D eigenvalue weighted by molar-refractivity contribution is 7.80. The van der Waals surface area contributed by atoms with Crippen LogP contribution in [-0.4, -0.2) is 31.2 Å². The lowest BCUT2D eigenvalue weighted by atomic mass is 10.2. The Morgan fingerprint density at radius 2 is 1.69 bits per heavy atom. The highest BCUT2D eigenvalue weighted by Gasteiger charge is 2.12. The second-order valence-electron chi connectivity index (χ2n) is 4.99. The fourth-order valence-corrected chi connectivity index (χ4v) is 2.44. The van der Waals surface area contributed by atoms with Crippen molar-refractivity contribution in [2.45, 2.75) is 0 Å². The van der Waals surface area contributed by atoms with Crippen LogP contribution in [0.15, 0.2) is 36.4 Å². The van der Waals surface area contributed by atoms with Crippen molar-refractivity contribution in [3.8, 4) is 11.5 Å². The molecule has 0 bridgehead atoms. The zero-order chi connectivity index (χ0) is 19.3. The highest BCUT2D eigenvalue weighted by Crippen LogP contribution is 2.23. The molecular weight excluding hydrogens is 380 g/mol. The van der Waals surface area contributed by atoms with Gasteiger partial charge in [-0.3, -0.25) is 10.1 Å². The van der Waals surface area contributed by atoms with E-state index in [9.17, 15) is 14.7 Å². The summed E-state index contributed by atoms with van der Waals surface area (Å²) in [5, 5.41) is 16.2. The molecule has 0 spiro atoms. The van der Waals surface area contributed by atoms with Gasteiger partial charge in [-0.2, -0.15) is 0 Å². The predicted octanol–water partition coefficient (Wildman–Crippen LogP) is 1.85. The molecule has 9 heteroatoms. The molecule has 0 heterocycles. The Bertz CT molecular complexity index is 850. The fourth-order valence-electron chi connectivity index (χ4n) is 2.04. The van der Waals surface area contributed by atoms with Gasteiger partial charge >= 0.3 is 0 Å².